The Kier molecular flexibility index (Phi) is 5.33. The first kappa shape index (κ1) is 15.6. The molecular weight excluding hydrogens is 328 g/mol. The van der Waals surface area contributed by atoms with Crippen LogP contribution in [0.5, 0.6) is 0 Å². The molecule has 0 atom stereocenters. The minimum Gasteiger partial charge on any atom is -0.326 e. The fourth-order valence-corrected chi connectivity index (χ4v) is 3.72. The van der Waals surface area contributed by atoms with Crippen LogP contribution < -0.4 is 5.32 Å². The van der Waals surface area contributed by atoms with Gasteiger partial charge in [-0.3, -0.25) is 9.78 Å². The average molecular weight is 342 g/mol. The van der Waals surface area contributed by atoms with Gasteiger partial charge in [-0.25, -0.2) is 0 Å². The van der Waals surface area contributed by atoms with E-state index in [9.17, 15) is 4.79 Å². The average Bonchev–Trinajstić information content (AvgIpc) is 3.05. The van der Waals surface area contributed by atoms with Crippen molar-refractivity contribution in [3.8, 4) is 10.6 Å². The normalized spacial score (nSPS) is 10.4. The number of thioether (sulfide) groups is 1. The van der Waals surface area contributed by atoms with E-state index in [0.29, 0.717) is 12.2 Å². The monoisotopic (exact) mass is 342 g/mol. The Labute approximate surface area is 142 Å². The molecule has 0 saturated carbocycles. The number of hydrogen-bond donors (Lipinski definition) is 1. The molecule has 23 heavy (non-hydrogen) atoms. The molecule has 0 unspecified atom stereocenters. The van der Waals surface area contributed by atoms with Crippen molar-refractivity contribution in [1.82, 2.24) is 15.2 Å². The Bertz CT molecular complexity index is 762. The fraction of sp³-hybridized carbons (Fsp3) is 0.125. The third kappa shape index (κ3) is 4.61. The second kappa shape index (κ2) is 7.85. The molecule has 0 radical (unpaired) electrons. The molecule has 0 aliphatic rings. The molecule has 1 aromatic carbocycles. The molecule has 3 rings (SSSR count). The van der Waals surface area contributed by atoms with E-state index in [1.54, 1.807) is 24.2 Å². The smallest absolute Gasteiger partial charge is 0.225 e. The Morgan fingerprint density at radius 3 is 2.65 bits per heavy atom. The maximum atomic E-state index is 11.9. The second-order valence-corrected chi connectivity index (χ2v) is 6.94. The molecule has 3 aromatic rings. The summed E-state index contributed by atoms with van der Waals surface area (Å²) in [4.78, 5) is 15.9. The molecule has 0 aliphatic heterocycles. The third-order valence-corrected chi connectivity index (χ3v) is 5.05. The summed E-state index contributed by atoms with van der Waals surface area (Å²) in [6.07, 6.45) is 3.90. The summed E-state index contributed by atoms with van der Waals surface area (Å²) >= 11 is 3.07. The van der Waals surface area contributed by atoms with E-state index in [-0.39, 0.29) is 5.91 Å². The Balaban J connectivity index is 1.48. The van der Waals surface area contributed by atoms with E-state index in [4.69, 9.17) is 0 Å². The minimum absolute atomic E-state index is 0.00238. The van der Waals surface area contributed by atoms with Gasteiger partial charge in [0.1, 0.15) is 5.01 Å². The van der Waals surface area contributed by atoms with E-state index in [1.165, 1.54) is 11.3 Å². The van der Waals surface area contributed by atoms with E-state index in [2.05, 4.69) is 20.5 Å². The molecule has 0 aliphatic carbocycles. The molecule has 1 N–H and O–H groups in total. The molecule has 0 saturated heterocycles. The topological polar surface area (TPSA) is 67.8 Å². The second-order valence-electron chi connectivity index (χ2n) is 4.62. The van der Waals surface area contributed by atoms with Crippen LogP contribution in [-0.2, 0) is 4.79 Å². The van der Waals surface area contributed by atoms with Crippen LogP contribution in [0, 0.1) is 0 Å². The molecule has 116 valence electrons. The molecule has 0 fully saturated rings. The summed E-state index contributed by atoms with van der Waals surface area (Å²) in [6, 6.07) is 13.3. The first-order chi connectivity index (χ1) is 11.3. The Morgan fingerprint density at radius 2 is 1.87 bits per heavy atom. The number of aromatic nitrogens is 3. The minimum atomic E-state index is 0.00238. The first-order valence-electron chi connectivity index (χ1n) is 7.03. The van der Waals surface area contributed by atoms with Crippen molar-refractivity contribution in [2.75, 3.05) is 11.1 Å². The predicted octanol–water partition coefficient (Wildman–Crippen LogP) is 3.72. The summed E-state index contributed by atoms with van der Waals surface area (Å²) < 4.78 is 0.865. The number of pyridine rings is 1. The van der Waals surface area contributed by atoms with Crippen LogP contribution in [0.2, 0.25) is 0 Å². The van der Waals surface area contributed by atoms with Crippen molar-refractivity contribution in [2.24, 2.45) is 0 Å². The van der Waals surface area contributed by atoms with Gasteiger partial charge in [0.05, 0.1) is 0 Å². The Hall–Kier alpha value is -2.25. The van der Waals surface area contributed by atoms with Gasteiger partial charge in [-0.1, -0.05) is 41.3 Å². The zero-order chi connectivity index (χ0) is 15.9. The van der Waals surface area contributed by atoms with Crippen molar-refractivity contribution in [3.05, 3.63) is 54.9 Å². The van der Waals surface area contributed by atoms with Gasteiger partial charge in [-0.2, -0.15) is 0 Å². The number of rotatable bonds is 6. The molecule has 1 amide bonds. The lowest BCUT2D eigenvalue weighted by Crippen LogP contribution is -2.11. The third-order valence-electron chi connectivity index (χ3n) is 2.95. The number of hydrogen-bond acceptors (Lipinski definition) is 6. The summed E-state index contributed by atoms with van der Waals surface area (Å²) in [5.41, 5.74) is 1.82. The Morgan fingerprint density at radius 1 is 1.09 bits per heavy atom. The largest absolute Gasteiger partial charge is 0.326 e. The lowest BCUT2D eigenvalue weighted by atomic mass is 10.3. The van der Waals surface area contributed by atoms with E-state index >= 15 is 0 Å². The maximum absolute atomic E-state index is 11.9. The SMILES string of the molecule is O=C(CCSc1nnc(-c2ccncc2)s1)Nc1ccccc1. The molecule has 2 heterocycles. The maximum Gasteiger partial charge on any atom is 0.225 e. The van der Waals surface area contributed by atoms with E-state index in [1.807, 2.05) is 42.5 Å². The number of nitrogens with one attached hydrogen (secondary N) is 1. The van der Waals surface area contributed by atoms with Crippen molar-refractivity contribution in [2.45, 2.75) is 10.8 Å². The van der Waals surface area contributed by atoms with Crippen LogP contribution >= 0.6 is 23.1 Å². The number of para-hydroxylation sites is 1. The van der Waals surface area contributed by atoms with Crippen molar-refractivity contribution < 1.29 is 4.79 Å². The van der Waals surface area contributed by atoms with Gasteiger partial charge in [-0.15, -0.1) is 10.2 Å². The quantitative estimate of drug-likeness (QED) is 0.692. The molecule has 0 spiro atoms. The lowest BCUT2D eigenvalue weighted by molar-refractivity contribution is -0.115. The molecule has 0 bridgehead atoms. The van der Waals surface area contributed by atoms with Crippen molar-refractivity contribution >= 4 is 34.7 Å². The van der Waals surface area contributed by atoms with Gasteiger partial charge < -0.3 is 5.32 Å². The van der Waals surface area contributed by atoms with Crippen LogP contribution in [-0.4, -0.2) is 26.8 Å². The zero-order valence-corrected chi connectivity index (χ0v) is 13.8. The predicted molar refractivity (Wildman–Crippen MR) is 93.6 cm³/mol. The molecular formula is C16H14N4OS2. The van der Waals surface area contributed by atoms with E-state index in [0.717, 1.165) is 20.6 Å². The van der Waals surface area contributed by atoms with Crippen molar-refractivity contribution in [3.63, 3.8) is 0 Å². The van der Waals surface area contributed by atoms with Crippen LogP contribution in [0.1, 0.15) is 6.42 Å². The van der Waals surface area contributed by atoms with Gasteiger partial charge in [0.25, 0.3) is 0 Å². The molecule has 7 heteroatoms. The lowest BCUT2D eigenvalue weighted by Gasteiger charge is -2.03. The summed E-state index contributed by atoms with van der Waals surface area (Å²) in [5.74, 6) is 0.673. The van der Waals surface area contributed by atoms with Crippen LogP contribution in [0.25, 0.3) is 10.6 Å². The number of benzene rings is 1. The van der Waals surface area contributed by atoms with Crippen LogP contribution in [0.3, 0.4) is 0 Å². The summed E-state index contributed by atoms with van der Waals surface area (Å²) in [5, 5.41) is 12.1. The first-order valence-corrected chi connectivity index (χ1v) is 8.83. The summed E-state index contributed by atoms with van der Waals surface area (Å²) in [6.45, 7) is 0. The van der Waals surface area contributed by atoms with Crippen LogP contribution in [0.4, 0.5) is 5.69 Å². The highest BCUT2D eigenvalue weighted by Gasteiger charge is 2.08. The van der Waals surface area contributed by atoms with E-state index < -0.39 is 0 Å². The van der Waals surface area contributed by atoms with Gasteiger partial charge in [0.2, 0.25) is 5.91 Å². The number of nitrogens with zero attached hydrogens (tertiary/aromatic N) is 3. The number of carbonyl (C=O) groups excluding carboxylic acids is 1. The van der Waals surface area contributed by atoms with Gasteiger partial charge in [0.15, 0.2) is 4.34 Å². The van der Waals surface area contributed by atoms with Gasteiger partial charge >= 0.3 is 0 Å². The number of amides is 1. The number of anilines is 1. The number of carbonyl (C=O) groups is 1. The summed E-state index contributed by atoms with van der Waals surface area (Å²) in [7, 11) is 0. The van der Waals surface area contributed by atoms with Crippen LogP contribution in [0.15, 0.2) is 59.2 Å². The van der Waals surface area contributed by atoms with Gasteiger partial charge in [0, 0.05) is 35.8 Å². The highest BCUT2D eigenvalue weighted by molar-refractivity contribution is 8.01. The molecule has 2 aromatic heterocycles. The highest BCUT2D eigenvalue weighted by Crippen LogP contribution is 2.29. The van der Waals surface area contributed by atoms with Gasteiger partial charge in [-0.05, 0) is 24.3 Å². The zero-order valence-electron chi connectivity index (χ0n) is 12.2. The van der Waals surface area contributed by atoms with Crippen molar-refractivity contribution in [1.29, 1.82) is 0 Å². The fourth-order valence-electron chi connectivity index (χ4n) is 1.86. The standard InChI is InChI=1S/C16H14N4OS2/c21-14(18-13-4-2-1-3-5-13)8-11-22-16-20-19-15(23-16)12-6-9-17-10-7-12/h1-7,9-10H,8,11H2,(H,18,21). The highest BCUT2D eigenvalue weighted by atomic mass is 32.2. The molecule has 5 nitrogen and oxygen atoms in total.